The molecule has 36 heavy (non-hydrogen) atoms. The van der Waals surface area contributed by atoms with E-state index in [9.17, 15) is 14.7 Å². The maximum absolute atomic E-state index is 13.3. The number of nitrogens with zero attached hydrogens (tertiary/aromatic N) is 2. The number of aliphatic hydroxyl groups is 1. The Hall–Kier alpha value is -3.72. The van der Waals surface area contributed by atoms with Crippen LogP contribution < -0.4 is 18.9 Å². The van der Waals surface area contributed by atoms with Gasteiger partial charge in [-0.2, -0.15) is 0 Å². The summed E-state index contributed by atoms with van der Waals surface area (Å²) in [6.07, 6.45) is 0.641. The van der Waals surface area contributed by atoms with Crippen LogP contribution >= 0.6 is 0 Å². The largest absolute Gasteiger partial charge is 0.507 e. The number of ether oxygens (including phenoxy) is 4. The number of hydrogen-bond donors (Lipinski definition) is 1. The molecule has 0 saturated carbocycles. The first-order valence-corrected chi connectivity index (χ1v) is 11.6. The molecule has 0 bridgehead atoms. The Bertz CT molecular complexity index is 1150. The number of carbonyl (C=O) groups is 2. The number of likely N-dealkylation sites (tertiary alicyclic amines) is 1. The molecule has 1 aliphatic heterocycles. The minimum absolute atomic E-state index is 0.00685. The van der Waals surface area contributed by atoms with Crippen molar-refractivity contribution in [2.75, 3.05) is 55.6 Å². The van der Waals surface area contributed by atoms with Gasteiger partial charge in [-0.05, 0) is 75.4 Å². The molecule has 1 saturated heterocycles. The van der Waals surface area contributed by atoms with Gasteiger partial charge in [-0.3, -0.25) is 9.59 Å². The summed E-state index contributed by atoms with van der Waals surface area (Å²) in [6.45, 7) is 2.85. The van der Waals surface area contributed by atoms with Gasteiger partial charge in [0.2, 0.25) is 5.75 Å². The van der Waals surface area contributed by atoms with Crippen LogP contribution in [-0.2, 0) is 9.59 Å². The number of Topliss-reactive ketones (excluding diaryl/α,β-unsaturated/α-hetero) is 1. The summed E-state index contributed by atoms with van der Waals surface area (Å²) >= 11 is 0. The number of rotatable bonds is 10. The van der Waals surface area contributed by atoms with Crippen molar-refractivity contribution in [1.82, 2.24) is 9.80 Å². The molecule has 9 heteroatoms. The highest BCUT2D eigenvalue weighted by molar-refractivity contribution is 6.46. The standard InChI is InChI=1S/C27H34N2O7/c1-16-13-18(33-4)9-10-19(16)24(30)22-23(29(27(32)25(22)31)12-8-11-28(2)3)17-14-20(34-5)26(36-7)21(15-17)35-6/h9-10,13-15,23,30H,8,11-12H2,1-7H3/t23-/m1/s1. The number of aryl methyl sites for hydroxylation is 1. The topological polar surface area (TPSA) is 97.8 Å². The maximum Gasteiger partial charge on any atom is 0.295 e. The van der Waals surface area contributed by atoms with Crippen LogP contribution in [-0.4, -0.2) is 82.2 Å². The van der Waals surface area contributed by atoms with Crippen LogP contribution in [0.3, 0.4) is 0 Å². The zero-order chi connectivity index (χ0) is 26.6. The molecule has 1 fully saturated rings. The number of carbonyl (C=O) groups excluding carboxylic acids is 2. The predicted molar refractivity (Wildman–Crippen MR) is 136 cm³/mol. The average Bonchev–Trinajstić information content (AvgIpc) is 3.12. The molecule has 0 unspecified atom stereocenters. The SMILES string of the molecule is COc1ccc(C(O)=C2C(=O)C(=O)N(CCCN(C)C)[C@@H]2c2cc(OC)c(OC)c(OC)c2)c(C)c1. The second-order valence-corrected chi connectivity index (χ2v) is 8.79. The summed E-state index contributed by atoms with van der Waals surface area (Å²) in [5.41, 5.74) is 1.71. The van der Waals surface area contributed by atoms with Crippen molar-refractivity contribution in [3.8, 4) is 23.0 Å². The third-order valence-electron chi connectivity index (χ3n) is 6.24. The minimum atomic E-state index is -0.845. The predicted octanol–water partition coefficient (Wildman–Crippen LogP) is 3.40. The number of ketones is 1. The van der Waals surface area contributed by atoms with Crippen molar-refractivity contribution in [3.05, 3.63) is 52.6 Å². The van der Waals surface area contributed by atoms with Crippen molar-refractivity contribution in [1.29, 1.82) is 0 Å². The fourth-order valence-corrected chi connectivity index (χ4v) is 4.45. The smallest absolute Gasteiger partial charge is 0.295 e. The summed E-state index contributed by atoms with van der Waals surface area (Å²) in [5.74, 6) is 0.111. The molecule has 3 rings (SSSR count). The molecule has 0 radical (unpaired) electrons. The van der Waals surface area contributed by atoms with E-state index in [1.807, 2.05) is 19.0 Å². The second-order valence-electron chi connectivity index (χ2n) is 8.79. The molecular weight excluding hydrogens is 464 g/mol. The number of aliphatic hydroxyl groups excluding tert-OH is 1. The summed E-state index contributed by atoms with van der Waals surface area (Å²) in [4.78, 5) is 30.1. The Morgan fingerprint density at radius 1 is 0.972 bits per heavy atom. The lowest BCUT2D eigenvalue weighted by molar-refractivity contribution is -0.139. The first-order chi connectivity index (χ1) is 17.2. The van der Waals surface area contributed by atoms with E-state index < -0.39 is 17.7 Å². The van der Waals surface area contributed by atoms with Crippen molar-refractivity contribution >= 4 is 17.4 Å². The van der Waals surface area contributed by atoms with Gasteiger partial charge >= 0.3 is 0 Å². The zero-order valence-electron chi connectivity index (χ0n) is 21.9. The molecule has 0 aliphatic carbocycles. The molecule has 2 aromatic rings. The Morgan fingerprint density at radius 3 is 2.11 bits per heavy atom. The van der Waals surface area contributed by atoms with Gasteiger partial charge in [-0.25, -0.2) is 0 Å². The van der Waals surface area contributed by atoms with Crippen LogP contribution in [0.25, 0.3) is 5.76 Å². The molecule has 0 spiro atoms. The molecule has 2 aromatic carbocycles. The third-order valence-corrected chi connectivity index (χ3v) is 6.24. The lowest BCUT2D eigenvalue weighted by atomic mass is 9.93. The molecule has 9 nitrogen and oxygen atoms in total. The molecule has 1 amide bonds. The van der Waals surface area contributed by atoms with Gasteiger partial charge in [-0.1, -0.05) is 0 Å². The number of benzene rings is 2. The first kappa shape index (κ1) is 26.9. The van der Waals surface area contributed by atoms with E-state index in [0.29, 0.717) is 52.7 Å². The van der Waals surface area contributed by atoms with Crippen molar-refractivity contribution in [3.63, 3.8) is 0 Å². The summed E-state index contributed by atoms with van der Waals surface area (Å²) in [5, 5.41) is 11.4. The Morgan fingerprint density at radius 2 is 1.61 bits per heavy atom. The number of amides is 1. The highest BCUT2D eigenvalue weighted by Crippen LogP contribution is 2.46. The van der Waals surface area contributed by atoms with E-state index in [2.05, 4.69) is 0 Å². The molecule has 0 aromatic heterocycles. The lowest BCUT2D eigenvalue weighted by Crippen LogP contribution is -2.32. The molecule has 1 atom stereocenters. The summed E-state index contributed by atoms with van der Waals surface area (Å²) in [7, 11) is 9.93. The normalized spacial score (nSPS) is 17.0. The maximum atomic E-state index is 13.3. The minimum Gasteiger partial charge on any atom is -0.507 e. The van der Waals surface area contributed by atoms with Crippen LogP contribution in [0.1, 0.15) is 29.2 Å². The molecular formula is C27H34N2O7. The van der Waals surface area contributed by atoms with Gasteiger partial charge in [0.25, 0.3) is 11.7 Å². The van der Waals surface area contributed by atoms with Crippen LogP contribution in [0.5, 0.6) is 23.0 Å². The van der Waals surface area contributed by atoms with Crippen LogP contribution in [0.2, 0.25) is 0 Å². The van der Waals surface area contributed by atoms with E-state index in [-0.39, 0.29) is 11.3 Å². The fraction of sp³-hybridized carbons (Fsp3) is 0.407. The van der Waals surface area contributed by atoms with E-state index in [0.717, 1.165) is 6.54 Å². The van der Waals surface area contributed by atoms with E-state index in [1.54, 1.807) is 44.4 Å². The summed E-state index contributed by atoms with van der Waals surface area (Å²) in [6, 6.07) is 7.69. The van der Waals surface area contributed by atoms with Gasteiger partial charge < -0.3 is 33.9 Å². The van der Waals surface area contributed by atoms with Crippen LogP contribution in [0, 0.1) is 6.92 Å². The first-order valence-electron chi connectivity index (χ1n) is 11.6. The fourth-order valence-electron chi connectivity index (χ4n) is 4.45. The molecule has 1 heterocycles. The van der Waals surface area contributed by atoms with Gasteiger partial charge in [0, 0.05) is 12.1 Å². The molecule has 1 N–H and O–H groups in total. The average molecular weight is 499 g/mol. The number of methoxy groups -OCH3 is 4. The van der Waals surface area contributed by atoms with Crippen LogP contribution in [0.15, 0.2) is 35.9 Å². The summed E-state index contributed by atoms with van der Waals surface area (Å²) < 4.78 is 21.7. The van der Waals surface area contributed by atoms with Gasteiger partial charge in [-0.15, -0.1) is 0 Å². The van der Waals surface area contributed by atoms with Crippen molar-refractivity contribution in [2.24, 2.45) is 0 Å². The third kappa shape index (κ3) is 5.11. The van der Waals surface area contributed by atoms with Crippen molar-refractivity contribution in [2.45, 2.75) is 19.4 Å². The van der Waals surface area contributed by atoms with Gasteiger partial charge in [0.1, 0.15) is 11.5 Å². The van der Waals surface area contributed by atoms with E-state index in [1.165, 1.54) is 26.2 Å². The highest BCUT2D eigenvalue weighted by Gasteiger charge is 2.46. The quantitative estimate of drug-likeness (QED) is 0.302. The molecule has 194 valence electrons. The van der Waals surface area contributed by atoms with Crippen molar-refractivity contribution < 1.29 is 33.6 Å². The lowest BCUT2D eigenvalue weighted by Gasteiger charge is -2.27. The molecule has 1 aliphatic rings. The van der Waals surface area contributed by atoms with Gasteiger partial charge in [0.15, 0.2) is 11.5 Å². The Kier molecular flexibility index (Phi) is 8.47. The second kappa shape index (κ2) is 11.3. The number of hydrogen-bond acceptors (Lipinski definition) is 8. The van der Waals surface area contributed by atoms with Crippen LogP contribution in [0.4, 0.5) is 0 Å². The van der Waals surface area contributed by atoms with Gasteiger partial charge in [0.05, 0.1) is 40.1 Å². The monoisotopic (exact) mass is 498 g/mol. The Labute approximate surface area is 211 Å². The zero-order valence-corrected chi connectivity index (χ0v) is 21.9. The Balaban J connectivity index is 2.24. The van der Waals surface area contributed by atoms with E-state index in [4.69, 9.17) is 18.9 Å². The highest BCUT2D eigenvalue weighted by atomic mass is 16.5. The van der Waals surface area contributed by atoms with E-state index >= 15 is 0 Å².